The minimum absolute atomic E-state index is 0.129. The van der Waals surface area contributed by atoms with Crippen LogP contribution in [0.3, 0.4) is 0 Å². The molecule has 438 valence electrons. The van der Waals surface area contributed by atoms with Crippen LogP contribution < -0.4 is 0 Å². The van der Waals surface area contributed by atoms with E-state index < -0.39 is 196 Å². The summed E-state index contributed by atoms with van der Waals surface area (Å²) in [6, 6.07) is 14.1. The number of benzene rings is 3. The molecule has 0 saturated carbocycles. The van der Waals surface area contributed by atoms with Crippen molar-refractivity contribution in [3.63, 3.8) is 0 Å². The average molecular weight is 1140 g/mol. The van der Waals surface area contributed by atoms with Gasteiger partial charge in [0.05, 0.1) is 18.8 Å². The molecule has 14 N–H and O–H groups in total. The Hall–Kier alpha value is -6.46. The van der Waals surface area contributed by atoms with Crippen molar-refractivity contribution >= 4 is 36.0 Å². The van der Waals surface area contributed by atoms with Crippen LogP contribution in [0.4, 0.5) is 0 Å². The lowest BCUT2D eigenvalue weighted by atomic mass is 9.95. The third-order valence-corrected chi connectivity index (χ3v) is 13.0. The predicted molar refractivity (Wildman–Crippen MR) is 258 cm³/mol. The molecule has 0 amide bonds. The largest absolute Gasteiger partial charge is 0.504 e. The lowest BCUT2D eigenvalue weighted by Crippen LogP contribution is -2.68. The molecule has 4 saturated heterocycles. The number of esters is 4. The van der Waals surface area contributed by atoms with Gasteiger partial charge in [0.15, 0.2) is 48.0 Å². The molecule has 3 aromatic carbocycles. The van der Waals surface area contributed by atoms with Gasteiger partial charge in [0.2, 0.25) is 5.79 Å². The van der Waals surface area contributed by atoms with Crippen molar-refractivity contribution in [3.8, 4) is 23.0 Å². The number of aliphatic hydroxyl groups excluding tert-OH is 10. The van der Waals surface area contributed by atoms with Crippen LogP contribution in [-0.2, 0) is 66.5 Å². The molecule has 0 aromatic heterocycles. The lowest BCUT2D eigenvalue weighted by Gasteiger charge is -2.50. The Morgan fingerprint density at radius 3 is 1.59 bits per heavy atom. The summed E-state index contributed by atoms with van der Waals surface area (Å²) in [6.45, 7) is -4.12. The fourth-order valence-corrected chi connectivity index (χ4v) is 8.68. The van der Waals surface area contributed by atoms with Crippen LogP contribution in [0.2, 0.25) is 0 Å². The van der Waals surface area contributed by atoms with Gasteiger partial charge in [-0.2, -0.15) is 0 Å². The fourth-order valence-electron chi connectivity index (χ4n) is 8.68. The van der Waals surface area contributed by atoms with Crippen LogP contribution in [0.25, 0.3) is 12.2 Å². The standard InChI is InChI=1S/C51H60O29/c1-22(54)70-19-32-37(62)41(66)43(68)49(74-32)76-44-38(63)33(20-71-34(59)13-9-23-7-11-26(55)28(57)15-23)75-50(45(44)77-48-42(67)40(65)36(61)30(17-52)73-48)80-51(21-72-35(60)14-10-24-8-12-27(56)29(58)16-24)46(39(64)31(18-53)79-51)78-47(69)25-5-3-2-4-6-25/h2-16,30-33,36-46,48-50,52-53,55-58,61-68H,17-21H2,1H3/b13-9-,14-10-/t30-,31+,32-,33+,36+,37+,38+,39+,40-,41-,42+,43+,44-,45+,46-,48+,49+,50+,51-/m0/s1. The number of rotatable bonds is 20. The number of ether oxygens (including phenoxy) is 11. The third kappa shape index (κ3) is 14.3. The molecule has 80 heavy (non-hydrogen) atoms. The van der Waals surface area contributed by atoms with Gasteiger partial charge in [0.25, 0.3) is 0 Å². The lowest BCUT2D eigenvalue weighted by molar-refractivity contribution is -0.421. The Kier molecular flexibility index (Phi) is 20.5. The molecule has 29 nitrogen and oxygen atoms in total. The second-order valence-electron chi connectivity index (χ2n) is 18.6. The first-order chi connectivity index (χ1) is 38.0. The number of carbonyl (C=O) groups is 4. The van der Waals surface area contributed by atoms with E-state index in [-0.39, 0.29) is 16.7 Å². The van der Waals surface area contributed by atoms with Gasteiger partial charge in [-0.15, -0.1) is 0 Å². The molecule has 4 aliphatic rings. The number of phenolic OH excluding ortho intramolecular Hbond substituents is 4. The molecule has 7 rings (SSSR count). The Bertz CT molecular complexity index is 2650. The minimum Gasteiger partial charge on any atom is -0.504 e. The Labute approximate surface area is 452 Å². The zero-order valence-corrected chi connectivity index (χ0v) is 42.0. The zero-order valence-electron chi connectivity index (χ0n) is 42.0. The van der Waals surface area contributed by atoms with Crippen LogP contribution in [0.1, 0.15) is 28.4 Å². The van der Waals surface area contributed by atoms with Gasteiger partial charge in [-0.05, 0) is 59.7 Å². The van der Waals surface area contributed by atoms with Gasteiger partial charge in [0.1, 0.15) is 105 Å². The zero-order chi connectivity index (χ0) is 58.2. The van der Waals surface area contributed by atoms with E-state index in [1.807, 2.05) is 0 Å². The van der Waals surface area contributed by atoms with E-state index in [1.165, 1.54) is 36.4 Å². The SMILES string of the molecule is CC(=O)OC[C@@H]1O[C@H](O[C@H]2[C@H](O)[C@@H](COC(=O)/C=C\c3ccc(O)c(O)c3)O[C@H](O[C@]3(COC(=O)/C=C\c4ccc(O)c(O)c4)O[C@H](CO)[C@@H](O)[C@@H]3OC(=O)c3ccccc3)[C@@H]2O[C@H]2O[C@@H](CO)[C@@H](O)[C@H](O)[C@H]2O)[C@H](O)[C@@H](O)[C@@H]1O. The predicted octanol–water partition coefficient (Wildman–Crippen LogP) is -3.96. The van der Waals surface area contributed by atoms with Crippen molar-refractivity contribution in [2.45, 2.75) is 123 Å². The van der Waals surface area contributed by atoms with Gasteiger partial charge >= 0.3 is 23.9 Å². The summed E-state index contributed by atoms with van der Waals surface area (Å²) in [5, 5.41) is 150. The number of aromatic hydroxyl groups is 4. The van der Waals surface area contributed by atoms with Crippen molar-refractivity contribution in [1.82, 2.24) is 0 Å². The highest BCUT2D eigenvalue weighted by atomic mass is 16.8. The first-order valence-electron chi connectivity index (χ1n) is 24.5. The van der Waals surface area contributed by atoms with E-state index in [1.54, 1.807) is 6.07 Å². The van der Waals surface area contributed by atoms with Gasteiger partial charge in [-0.3, -0.25) is 4.79 Å². The van der Waals surface area contributed by atoms with Gasteiger partial charge in [-0.25, -0.2) is 14.4 Å². The molecule has 0 radical (unpaired) electrons. The summed E-state index contributed by atoms with van der Waals surface area (Å²) in [7, 11) is 0. The quantitative estimate of drug-likeness (QED) is 0.0222. The van der Waals surface area contributed by atoms with Gasteiger partial charge in [0, 0.05) is 19.1 Å². The molecule has 3 aromatic rings. The van der Waals surface area contributed by atoms with Crippen molar-refractivity contribution in [3.05, 3.63) is 95.6 Å². The molecule has 19 atom stereocenters. The highest BCUT2D eigenvalue weighted by molar-refractivity contribution is 5.90. The normalized spacial score (nSPS) is 34.5. The maximum atomic E-state index is 13.9. The van der Waals surface area contributed by atoms with Crippen LogP contribution in [0, 0.1) is 0 Å². The first kappa shape index (κ1) is 61.2. The molecule has 0 bridgehead atoms. The van der Waals surface area contributed by atoms with E-state index >= 15 is 0 Å². The maximum absolute atomic E-state index is 13.9. The van der Waals surface area contributed by atoms with Crippen molar-refractivity contribution < 1.29 is 143 Å². The third-order valence-electron chi connectivity index (χ3n) is 13.0. The summed E-state index contributed by atoms with van der Waals surface area (Å²) >= 11 is 0. The molecule has 4 fully saturated rings. The summed E-state index contributed by atoms with van der Waals surface area (Å²) < 4.78 is 64.2. The smallest absolute Gasteiger partial charge is 0.338 e. The summed E-state index contributed by atoms with van der Waals surface area (Å²) in [5.74, 6) is -9.43. The molecule has 29 heteroatoms. The summed E-state index contributed by atoms with van der Waals surface area (Å²) in [6.07, 6.45) is -34.0. The topological polar surface area (TPSA) is 453 Å². The molecule has 0 aliphatic carbocycles. The Balaban J connectivity index is 1.33. The molecule has 0 unspecified atom stereocenters. The van der Waals surface area contributed by atoms with Crippen LogP contribution >= 0.6 is 0 Å². The molecule has 4 aliphatic heterocycles. The van der Waals surface area contributed by atoms with Gasteiger partial charge < -0.3 is 124 Å². The number of hydrogen-bond acceptors (Lipinski definition) is 29. The van der Waals surface area contributed by atoms with E-state index in [2.05, 4.69) is 0 Å². The second kappa shape index (κ2) is 26.9. The first-order valence-corrected chi connectivity index (χ1v) is 24.5. The number of carbonyl (C=O) groups excluding carboxylic acids is 4. The Morgan fingerprint density at radius 1 is 0.537 bits per heavy atom. The minimum atomic E-state index is -2.94. The molecule has 0 spiro atoms. The van der Waals surface area contributed by atoms with E-state index in [0.29, 0.717) is 0 Å². The summed E-state index contributed by atoms with van der Waals surface area (Å²) in [4.78, 5) is 52.5. The second-order valence-corrected chi connectivity index (χ2v) is 18.6. The van der Waals surface area contributed by atoms with E-state index in [4.69, 9.17) is 52.1 Å². The highest BCUT2D eigenvalue weighted by Crippen LogP contribution is 2.42. The average Bonchev–Trinajstić information content (AvgIpc) is 3.70. The monoisotopic (exact) mass is 1140 g/mol. The molecule has 4 heterocycles. The molecular weight excluding hydrogens is 1080 g/mol. The fraction of sp³-hybridized carbons (Fsp3) is 0.490. The summed E-state index contributed by atoms with van der Waals surface area (Å²) in [5.41, 5.74) is 0.221. The highest BCUT2D eigenvalue weighted by Gasteiger charge is 2.63. The van der Waals surface area contributed by atoms with Crippen molar-refractivity contribution in [2.75, 3.05) is 33.0 Å². The van der Waals surface area contributed by atoms with Gasteiger partial charge in [-0.1, -0.05) is 30.3 Å². The number of hydrogen-bond donors (Lipinski definition) is 14. The van der Waals surface area contributed by atoms with Crippen LogP contribution in [0.15, 0.2) is 78.9 Å². The van der Waals surface area contributed by atoms with E-state index in [9.17, 15) is 90.7 Å². The van der Waals surface area contributed by atoms with Crippen molar-refractivity contribution in [1.29, 1.82) is 0 Å². The Morgan fingerprint density at radius 2 is 1.04 bits per heavy atom. The van der Waals surface area contributed by atoms with Crippen LogP contribution in [0.5, 0.6) is 23.0 Å². The maximum Gasteiger partial charge on any atom is 0.338 e. The van der Waals surface area contributed by atoms with E-state index in [0.717, 1.165) is 55.5 Å². The van der Waals surface area contributed by atoms with Crippen LogP contribution in [-0.4, -0.2) is 245 Å². The molecular formula is C51H60O29. The number of aliphatic hydroxyl groups is 10. The number of phenols is 4. The van der Waals surface area contributed by atoms with Crippen molar-refractivity contribution in [2.24, 2.45) is 0 Å².